The summed E-state index contributed by atoms with van der Waals surface area (Å²) in [6.45, 7) is 0.817. The van der Waals surface area contributed by atoms with Crippen LogP contribution in [0.3, 0.4) is 0 Å². The number of amides is 3. The van der Waals surface area contributed by atoms with E-state index in [0.29, 0.717) is 31.4 Å². The molecule has 17 N–H and O–H groups in total. The second-order valence-electron chi connectivity index (χ2n) is 10.2. The molecule has 17 heteroatoms. The highest BCUT2D eigenvalue weighted by Crippen LogP contribution is 2.13. The molecule has 0 aliphatic rings. The third kappa shape index (κ3) is 15.5. The summed E-state index contributed by atoms with van der Waals surface area (Å²) in [4.78, 5) is 59.2. The van der Waals surface area contributed by atoms with Crippen molar-refractivity contribution in [1.82, 2.24) is 16.0 Å². The van der Waals surface area contributed by atoms with Gasteiger partial charge in [-0.05, 0) is 69.2 Å². The summed E-state index contributed by atoms with van der Waals surface area (Å²) < 4.78 is 0. The standard InChI is InChI=1S/C27H47N11O6/c28-12-2-1-6-19(36-22(40)18(29)5-3-13-34-26(30)31)23(41)38-21(15-16-8-10-17(39)11-9-16)24(42)37-20(25(43)44)7-4-14-35-27(32)33/h8-11,18-21,39H,1-7,12-15,28-29H2,(H,36,40)(H,37,42)(H,38,41)(H,43,44)(H4,30,31,34)(H4,32,33,35). The Morgan fingerprint density at radius 3 is 1.75 bits per heavy atom. The van der Waals surface area contributed by atoms with E-state index in [2.05, 4.69) is 25.9 Å². The first-order chi connectivity index (χ1) is 20.8. The fourth-order valence-electron chi connectivity index (χ4n) is 4.07. The minimum atomic E-state index is -1.28. The summed E-state index contributed by atoms with van der Waals surface area (Å²) >= 11 is 0. The van der Waals surface area contributed by atoms with E-state index >= 15 is 0 Å². The Balaban J connectivity index is 3.10. The molecule has 0 saturated heterocycles. The zero-order chi connectivity index (χ0) is 33.1. The van der Waals surface area contributed by atoms with Crippen LogP contribution < -0.4 is 50.4 Å². The van der Waals surface area contributed by atoms with Crippen LogP contribution >= 0.6 is 0 Å². The van der Waals surface area contributed by atoms with Gasteiger partial charge in [-0.1, -0.05) is 12.1 Å². The van der Waals surface area contributed by atoms with Gasteiger partial charge in [0.1, 0.15) is 23.9 Å². The largest absolute Gasteiger partial charge is 0.508 e. The number of aliphatic imine (C=N–C) groups is 2. The van der Waals surface area contributed by atoms with Crippen molar-refractivity contribution in [3.05, 3.63) is 29.8 Å². The molecular formula is C27H47N11O6. The fraction of sp³-hybridized carbons (Fsp3) is 0.556. The molecular weight excluding hydrogens is 574 g/mol. The Labute approximate surface area is 256 Å². The highest BCUT2D eigenvalue weighted by Gasteiger charge is 2.30. The molecule has 1 aromatic carbocycles. The molecule has 1 aromatic rings. The van der Waals surface area contributed by atoms with Crippen LogP contribution in [0.5, 0.6) is 5.75 Å². The van der Waals surface area contributed by atoms with Gasteiger partial charge in [-0.15, -0.1) is 0 Å². The lowest BCUT2D eigenvalue weighted by atomic mass is 10.0. The molecule has 0 fully saturated rings. The number of aromatic hydroxyl groups is 1. The first-order valence-corrected chi connectivity index (χ1v) is 14.3. The lowest BCUT2D eigenvalue weighted by Gasteiger charge is -2.25. The molecule has 0 bridgehead atoms. The van der Waals surface area contributed by atoms with Crippen LogP contribution in [-0.2, 0) is 25.6 Å². The summed E-state index contributed by atoms with van der Waals surface area (Å²) in [6.07, 6.45) is 2.25. The number of guanidine groups is 2. The summed E-state index contributed by atoms with van der Waals surface area (Å²) in [5.74, 6) is -3.50. The van der Waals surface area contributed by atoms with Gasteiger partial charge in [0, 0.05) is 19.5 Å². The number of nitrogens with two attached hydrogens (primary N) is 6. The van der Waals surface area contributed by atoms with Crippen molar-refractivity contribution in [2.24, 2.45) is 44.4 Å². The molecule has 44 heavy (non-hydrogen) atoms. The van der Waals surface area contributed by atoms with Gasteiger partial charge in [0.05, 0.1) is 6.04 Å². The Bertz CT molecular complexity index is 1120. The van der Waals surface area contributed by atoms with Crippen LogP contribution in [0.25, 0.3) is 0 Å². The summed E-state index contributed by atoms with van der Waals surface area (Å²) in [7, 11) is 0. The maximum atomic E-state index is 13.5. The number of aliphatic carboxylic acids is 1. The van der Waals surface area contributed by atoms with Gasteiger partial charge in [0.15, 0.2) is 11.9 Å². The van der Waals surface area contributed by atoms with Gasteiger partial charge >= 0.3 is 5.97 Å². The van der Waals surface area contributed by atoms with Gasteiger partial charge in [0.2, 0.25) is 17.7 Å². The van der Waals surface area contributed by atoms with Crippen molar-refractivity contribution in [1.29, 1.82) is 0 Å². The monoisotopic (exact) mass is 621 g/mol. The van der Waals surface area contributed by atoms with Gasteiger partial charge in [-0.3, -0.25) is 24.4 Å². The van der Waals surface area contributed by atoms with Crippen molar-refractivity contribution in [3.8, 4) is 5.75 Å². The molecule has 0 heterocycles. The van der Waals surface area contributed by atoms with Crippen LogP contribution in [0.4, 0.5) is 0 Å². The number of carboxylic acid groups (broad SMARTS) is 1. The van der Waals surface area contributed by atoms with E-state index in [0.717, 1.165) is 0 Å². The summed E-state index contributed by atoms with van der Waals surface area (Å²) in [5, 5.41) is 27.1. The zero-order valence-corrected chi connectivity index (χ0v) is 24.8. The van der Waals surface area contributed by atoms with Crippen molar-refractivity contribution < 1.29 is 29.4 Å². The maximum Gasteiger partial charge on any atom is 0.326 e. The minimum absolute atomic E-state index is 0.00261. The second-order valence-corrected chi connectivity index (χ2v) is 10.2. The van der Waals surface area contributed by atoms with Gasteiger partial charge in [-0.25, -0.2) is 4.79 Å². The smallest absolute Gasteiger partial charge is 0.326 e. The number of benzene rings is 1. The topological polar surface area (TPSA) is 326 Å². The maximum absolute atomic E-state index is 13.5. The van der Waals surface area contributed by atoms with Crippen LogP contribution in [-0.4, -0.2) is 89.6 Å². The Kier molecular flexibility index (Phi) is 17.2. The molecule has 1 rings (SSSR count). The van der Waals surface area contributed by atoms with Crippen molar-refractivity contribution in [2.45, 2.75) is 75.5 Å². The molecule has 0 aromatic heterocycles. The molecule has 3 amide bonds. The van der Waals surface area contributed by atoms with E-state index in [1.807, 2.05) is 0 Å². The molecule has 0 spiro atoms. The van der Waals surface area contributed by atoms with Gasteiger partial charge in [0.25, 0.3) is 0 Å². The molecule has 4 unspecified atom stereocenters. The molecule has 0 radical (unpaired) electrons. The quantitative estimate of drug-likeness (QED) is 0.0372. The van der Waals surface area contributed by atoms with Crippen LogP contribution in [0.1, 0.15) is 50.5 Å². The second kappa shape index (κ2) is 20.3. The Morgan fingerprint density at radius 2 is 1.20 bits per heavy atom. The number of unbranched alkanes of at least 4 members (excludes halogenated alkanes) is 1. The minimum Gasteiger partial charge on any atom is -0.508 e. The van der Waals surface area contributed by atoms with E-state index in [1.165, 1.54) is 12.1 Å². The third-order valence-corrected chi connectivity index (χ3v) is 6.45. The third-order valence-electron chi connectivity index (χ3n) is 6.45. The first-order valence-electron chi connectivity index (χ1n) is 14.3. The van der Waals surface area contributed by atoms with Crippen molar-refractivity contribution in [2.75, 3.05) is 19.6 Å². The molecule has 17 nitrogen and oxygen atoms in total. The van der Waals surface area contributed by atoms with E-state index in [9.17, 15) is 29.4 Å². The number of nitrogens with one attached hydrogen (secondary N) is 3. The van der Waals surface area contributed by atoms with Crippen molar-refractivity contribution >= 4 is 35.6 Å². The molecule has 0 aliphatic carbocycles. The number of phenolic OH excluding ortho intramolecular Hbond substituents is 1. The highest BCUT2D eigenvalue weighted by molar-refractivity contribution is 5.94. The Morgan fingerprint density at radius 1 is 0.705 bits per heavy atom. The first kappa shape index (κ1) is 37.4. The lowest BCUT2D eigenvalue weighted by molar-refractivity contribution is -0.142. The SMILES string of the molecule is NCCCCC(NC(=O)C(N)CCCN=C(N)N)C(=O)NC(Cc1ccc(O)cc1)C(=O)NC(CCCN=C(N)N)C(=O)O. The van der Waals surface area contributed by atoms with Crippen LogP contribution in [0, 0.1) is 0 Å². The van der Waals surface area contributed by atoms with E-state index < -0.39 is 47.9 Å². The van der Waals surface area contributed by atoms with Gasteiger partial charge < -0.3 is 60.6 Å². The molecule has 0 aliphatic heterocycles. The number of hydrogen-bond donors (Lipinski definition) is 11. The average Bonchev–Trinajstić information content (AvgIpc) is 2.96. The van der Waals surface area contributed by atoms with Crippen molar-refractivity contribution in [3.63, 3.8) is 0 Å². The highest BCUT2D eigenvalue weighted by atomic mass is 16.4. The number of carbonyl (C=O) groups excluding carboxylic acids is 3. The predicted octanol–water partition coefficient (Wildman–Crippen LogP) is -2.96. The number of nitrogens with zero attached hydrogens (tertiary/aromatic N) is 2. The lowest BCUT2D eigenvalue weighted by Crippen LogP contribution is -2.57. The molecule has 4 atom stereocenters. The van der Waals surface area contributed by atoms with Gasteiger partial charge in [-0.2, -0.15) is 0 Å². The molecule has 246 valence electrons. The number of rotatable bonds is 21. The average molecular weight is 622 g/mol. The normalized spacial score (nSPS) is 13.4. The molecule has 0 saturated carbocycles. The number of phenols is 1. The summed E-state index contributed by atoms with van der Waals surface area (Å²) in [5.41, 5.74) is 33.4. The number of carboxylic acids is 1. The predicted molar refractivity (Wildman–Crippen MR) is 166 cm³/mol. The summed E-state index contributed by atoms with van der Waals surface area (Å²) in [6, 6.07) is 1.45. The van der Waals surface area contributed by atoms with E-state index in [4.69, 9.17) is 34.4 Å². The van der Waals surface area contributed by atoms with E-state index in [1.54, 1.807) is 12.1 Å². The van der Waals surface area contributed by atoms with E-state index in [-0.39, 0.29) is 62.9 Å². The zero-order valence-electron chi connectivity index (χ0n) is 24.8. The number of hydrogen-bond acceptors (Lipinski definition) is 9. The fourth-order valence-corrected chi connectivity index (χ4v) is 4.07. The van der Waals surface area contributed by atoms with Crippen LogP contribution in [0.15, 0.2) is 34.3 Å². The Hall–Kier alpha value is -4.64. The number of carbonyl (C=O) groups is 4. The van der Waals surface area contributed by atoms with Crippen LogP contribution in [0.2, 0.25) is 0 Å².